The Labute approximate surface area is 146 Å². The molecular weight excluding hydrogens is 320 g/mol. The van der Waals surface area contributed by atoms with Crippen molar-refractivity contribution in [3.8, 4) is 0 Å². The number of ether oxygens (including phenoxy) is 1. The zero-order chi connectivity index (χ0) is 17.6. The van der Waals surface area contributed by atoms with Crippen molar-refractivity contribution in [2.45, 2.75) is 38.9 Å². The minimum Gasteiger partial charge on any atom is -0.465 e. The minimum atomic E-state index is -0.437. The van der Waals surface area contributed by atoms with Gasteiger partial charge >= 0.3 is 11.7 Å². The standard InChI is InChI=1S/C18H24N4O3/c1-2-25-17(23)13-22-18(24)21(14-19-22)16-8-10-20(11-9-16)12-15-6-4-3-5-7-15/h3-7,14,16H,2,8-13H2,1H3. The van der Waals surface area contributed by atoms with Crippen LogP contribution in [0.5, 0.6) is 0 Å². The molecule has 25 heavy (non-hydrogen) atoms. The Kier molecular flexibility index (Phi) is 5.65. The van der Waals surface area contributed by atoms with Crippen LogP contribution in [0.15, 0.2) is 41.5 Å². The molecule has 0 N–H and O–H groups in total. The maximum absolute atomic E-state index is 12.4. The van der Waals surface area contributed by atoms with Crippen molar-refractivity contribution >= 4 is 5.97 Å². The molecule has 2 aromatic rings. The van der Waals surface area contributed by atoms with Gasteiger partial charge in [0.2, 0.25) is 0 Å². The summed E-state index contributed by atoms with van der Waals surface area (Å²) in [4.78, 5) is 26.4. The zero-order valence-corrected chi connectivity index (χ0v) is 14.5. The zero-order valence-electron chi connectivity index (χ0n) is 14.5. The van der Waals surface area contributed by atoms with E-state index in [4.69, 9.17) is 4.74 Å². The van der Waals surface area contributed by atoms with E-state index in [9.17, 15) is 9.59 Å². The highest BCUT2D eigenvalue weighted by molar-refractivity contribution is 5.68. The maximum Gasteiger partial charge on any atom is 0.346 e. The molecular formula is C18H24N4O3. The Balaban J connectivity index is 1.57. The fraction of sp³-hybridized carbons (Fsp3) is 0.500. The topological polar surface area (TPSA) is 69.4 Å². The summed E-state index contributed by atoms with van der Waals surface area (Å²) in [5, 5.41) is 4.05. The molecule has 0 radical (unpaired) electrons. The lowest BCUT2D eigenvalue weighted by atomic mass is 10.0. The number of benzene rings is 1. The average molecular weight is 344 g/mol. The Morgan fingerprint density at radius 2 is 1.96 bits per heavy atom. The van der Waals surface area contributed by atoms with E-state index in [2.05, 4.69) is 34.3 Å². The molecule has 1 aliphatic heterocycles. The van der Waals surface area contributed by atoms with E-state index in [1.54, 1.807) is 17.8 Å². The monoisotopic (exact) mass is 344 g/mol. The first-order chi connectivity index (χ1) is 12.2. The first-order valence-corrected chi connectivity index (χ1v) is 8.73. The number of piperidine rings is 1. The minimum absolute atomic E-state index is 0.132. The van der Waals surface area contributed by atoms with Crippen molar-refractivity contribution < 1.29 is 9.53 Å². The number of rotatable bonds is 6. The van der Waals surface area contributed by atoms with Crippen molar-refractivity contribution in [1.82, 2.24) is 19.2 Å². The molecule has 3 rings (SSSR count). The first-order valence-electron chi connectivity index (χ1n) is 8.73. The third-order valence-electron chi connectivity index (χ3n) is 4.54. The van der Waals surface area contributed by atoms with Crippen LogP contribution in [-0.2, 0) is 22.6 Å². The van der Waals surface area contributed by atoms with Gasteiger partial charge in [-0.3, -0.25) is 14.3 Å². The fourth-order valence-corrected chi connectivity index (χ4v) is 3.24. The first kappa shape index (κ1) is 17.4. The number of carbonyl (C=O) groups is 1. The van der Waals surface area contributed by atoms with E-state index in [1.165, 1.54) is 10.2 Å². The maximum atomic E-state index is 12.4. The SMILES string of the molecule is CCOC(=O)Cn1ncn(C2CCN(Cc3ccccc3)CC2)c1=O. The van der Waals surface area contributed by atoms with Crippen molar-refractivity contribution in [3.05, 3.63) is 52.7 Å². The van der Waals surface area contributed by atoms with Gasteiger partial charge in [0.15, 0.2) is 0 Å². The molecule has 1 aromatic heterocycles. The molecule has 0 saturated carbocycles. The smallest absolute Gasteiger partial charge is 0.346 e. The van der Waals surface area contributed by atoms with E-state index in [-0.39, 0.29) is 18.3 Å². The highest BCUT2D eigenvalue weighted by atomic mass is 16.5. The number of likely N-dealkylation sites (tertiary alicyclic amines) is 1. The highest BCUT2D eigenvalue weighted by Crippen LogP contribution is 2.22. The Morgan fingerprint density at radius 3 is 2.64 bits per heavy atom. The van der Waals surface area contributed by atoms with Crippen molar-refractivity contribution in [3.63, 3.8) is 0 Å². The molecule has 7 nitrogen and oxygen atoms in total. The third kappa shape index (κ3) is 4.36. The molecule has 0 unspecified atom stereocenters. The van der Waals surface area contributed by atoms with Gasteiger partial charge in [-0.1, -0.05) is 30.3 Å². The molecule has 2 heterocycles. The number of nitrogens with zero attached hydrogens (tertiary/aromatic N) is 4. The number of esters is 1. The van der Waals surface area contributed by atoms with Crippen LogP contribution < -0.4 is 5.69 Å². The van der Waals surface area contributed by atoms with Crippen LogP contribution in [0, 0.1) is 0 Å². The summed E-state index contributed by atoms with van der Waals surface area (Å²) in [7, 11) is 0. The lowest BCUT2D eigenvalue weighted by molar-refractivity contribution is -0.144. The summed E-state index contributed by atoms with van der Waals surface area (Å²) in [6.45, 7) is 4.72. The van der Waals surface area contributed by atoms with E-state index >= 15 is 0 Å². The van der Waals surface area contributed by atoms with Crippen LogP contribution in [0.1, 0.15) is 31.4 Å². The predicted octanol–water partition coefficient (Wildman–Crippen LogP) is 1.44. The normalized spacial score (nSPS) is 16.0. The largest absolute Gasteiger partial charge is 0.465 e. The number of aromatic nitrogens is 3. The molecule has 0 spiro atoms. The number of hydrogen-bond donors (Lipinski definition) is 0. The van der Waals surface area contributed by atoms with E-state index in [0.29, 0.717) is 6.61 Å². The Bertz CT molecular complexity index is 745. The van der Waals surface area contributed by atoms with Crippen molar-refractivity contribution in [2.24, 2.45) is 0 Å². The quantitative estimate of drug-likeness (QED) is 0.742. The molecule has 0 atom stereocenters. The van der Waals surface area contributed by atoms with Gasteiger partial charge in [-0.25, -0.2) is 9.48 Å². The summed E-state index contributed by atoms with van der Waals surface area (Å²) in [5.41, 5.74) is 1.06. The second-order valence-electron chi connectivity index (χ2n) is 6.28. The summed E-state index contributed by atoms with van der Waals surface area (Å²) < 4.78 is 7.70. The molecule has 7 heteroatoms. The third-order valence-corrected chi connectivity index (χ3v) is 4.54. The van der Waals surface area contributed by atoms with Gasteiger partial charge < -0.3 is 4.74 Å². The highest BCUT2D eigenvalue weighted by Gasteiger charge is 2.23. The molecule has 0 aliphatic carbocycles. The lowest BCUT2D eigenvalue weighted by Gasteiger charge is -2.32. The van der Waals surface area contributed by atoms with Crippen LogP contribution in [0.4, 0.5) is 0 Å². The lowest BCUT2D eigenvalue weighted by Crippen LogP contribution is -2.37. The van der Waals surface area contributed by atoms with Gasteiger partial charge in [0, 0.05) is 25.7 Å². The summed E-state index contributed by atoms with van der Waals surface area (Å²) in [6, 6.07) is 10.5. The molecule has 1 aromatic carbocycles. The van der Waals surface area contributed by atoms with Crippen molar-refractivity contribution in [2.75, 3.05) is 19.7 Å². The second-order valence-corrected chi connectivity index (χ2v) is 6.28. The van der Waals surface area contributed by atoms with Gasteiger partial charge in [0.05, 0.1) is 6.61 Å². The Morgan fingerprint density at radius 1 is 1.24 bits per heavy atom. The van der Waals surface area contributed by atoms with Crippen LogP contribution >= 0.6 is 0 Å². The molecule has 0 bridgehead atoms. The van der Waals surface area contributed by atoms with Gasteiger partial charge in [0.1, 0.15) is 12.9 Å². The van der Waals surface area contributed by atoms with Crippen LogP contribution in [0.2, 0.25) is 0 Å². The number of hydrogen-bond acceptors (Lipinski definition) is 5. The van der Waals surface area contributed by atoms with E-state index < -0.39 is 5.97 Å². The molecule has 1 fully saturated rings. The molecule has 134 valence electrons. The van der Waals surface area contributed by atoms with Gasteiger partial charge in [-0.2, -0.15) is 5.10 Å². The second kappa shape index (κ2) is 8.11. The molecule has 1 saturated heterocycles. The Hall–Kier alpha value is -2.41. The molecule has 0 amide bonds. The van der Waals surface area contributed by atoms with E-state index in [1.807, 2.05) is 6.07 Å². The fourth-order valence-electron chi connectivity index (χ4n) is 3.24. The van der Waals surface area contributed by atoms with Crippen LogP contribution in [0.25, 0.3) is 0 Å². The van der Waals surface area contributed by atoms with Gasteiger partial charge in [0.25, 0.3) is 0 Å². The summed E-state index contributed by atoms with van der Waals surface area (Å²) in [5.74, 6) is -0.437. The number of carbonyl (C=O) groups excluding carboxylic acids is 1. The average Bonchev–Trinajstić information content (AvgIpc) is 2.97. The van der Waals surface area contributed by atoms with Crippen LogP contribution in [-0.4, -0.2) is 44.9 Å². The van der Waals surface area contributed by atoms with E-state index in [0.717, 1.165) is 32.5 Å². The summed E-state index contributed by atoms with van der Waals surface area (Å²) in [6.07, 6.45) is 3.34. The van der Waals surface area contributed by atoms with Crippen molar-refractivity contribution in [1.29, 1.82) is 0 Å². The van der Waals surface area contributed by atoms with Gasteiger partial charge in [-0.05, 0) is 25.3 Å². The van der Waals surface area contributed by atoms with Crippen LogP contribution in [0.3, 0.4) is 0 Å². The predicted molar refractivity (Wildman–Crippen MR) is 93.1 cm³/mol. The summed E-state index contributed by atoms with van der Waals surface area (Å²) >= 11 is 0. The molecule has 1 aliphatic rings. The van der Waals surface area contributed by atoms with Gasteiger partial charge in [-0.15, -0.1) is 0 Å².